The topological polar surface area (TPSA) is 59.1 Å². The third-order valence-corrected chi connectivity index (χ3v) is 7.04. The van der Waals surface area contributed by atoms with Crippen LogP contribution in [0.2, 0.25) is 0 Å². The first-order valence-corrected chi connectivity index (χ1v) is 10.0. The van der Waals surface area contributed by atoms with Crippen LogP contribution in [0.4, 0.5) is 0 Å². The van der Waals surface area contributed by atoms with Crippen LogP contribution in [0.3, 0.4) is 0 Å². The molecule has 0 spiro atoms. The zero-order chi connectivity index (χ0) is 14.2. The van der Waals surface area contributed by atoms with E-state index in [1.54, 1.807) is 11.3 Å². The van der Waals surface area contributed by atoms with E-state index in [4.69, 9.17) is 0 Å². The average Bonchev–Trinajstić information content (AvgIpc) is 3.02. The fraction of sp³-hybridized carbons (Fsp3) is 0.786. The first-order valence-electron chi connectivity index (χ1n) is 7.37. The van der Waals surface area contributed by atoms with Crippen molar-refractivity contribution in [3.63, 3.8) is 0 Å². The largest absolute Gasteiger partial charge is 0.314 e. The molecule has 2 fully saturated rings. The number of rotatable bonds is 6. The zero-order valence-corrected chi connectivity index (χ0v) is 13.5. The molecule has 1 aromatic heterocycles. The Bertz CT molecular complexity index is 563. The minimum absolute atomic E-state index is 0.314. The van der Waals surface area contributed by atoms with Gasteiger partial charge in [0.05, 0.1) is 16.5 Å². The summed E-state index contributed by atoms with van der Waals surface area (Å²) in [5.74, 6) is 1.49. The molecule has 4 nitrogen and oxygen atoms in total. The molecule has 112 valence electrons. The highest BCUT2D eigenvalue weighted by Gasteiger charge is 2.34. The van der Waals surface area contributed by atoms with Crippen molar-refractivity contribution in [3.8, 4) is 0 Å². The maximum Gasteiger partial charge on any atom is 0.150 e. The monoisotopic (exact) mass is 314 g/mol. The highest BCUT2D eigenvalue weighted by Crippen LogP contribution is 2.30. The zero-order valence-electron chi connectivity index (χ0n) is 11.8. The predicted octanol–water partition coefficient (Wildman–Crippen LogP) is 1.80. The molecule has 0 radical (unpaired) electrons. The minimum Gasteiger partial charge on any atom is -0.314 e. The molecule has 0 aromatic carbocycles. The molecular formula is C14H22N2O2S2. The van der Waals surface area contributed by atoms with Gasteiger partial charge in [0.1, 0.15) is 0 Å². The summed E-state index contributed by atoms with van der Waals surface area (Å²) in [5.41, 5.74) is 0. The van der Waals surface area contributed by atoms with Gasteiger partial charge >= 0.3 is 0 Å². The lowest BCUT2D eigenvalue weighted by Crippen LogP contribution is -2.31. The molecule has 1 N–H and O–H groups in total. The molecule has 6 heteroatoms. The number of sulfone groups is 1. The predicted molar refractivity (Wildman–Crippen MR) is 81.8 cm³/mol. The number of thiazole rings is 1. The first-order chi connectivity index (χ1) is 9.52. The molecule has 1 aliphatic heterocycles. The standard InChI is InChI=1S/C14H22N2O2S2/c1-10-15-8-14(19-10)6-12(7-16-13-2-3-13)11-4-5-20(17,18)9-11/h8,11-13,16H,2-7,9H2,1H3. The van der Waals surface area contributed by atoms with Crippen LogP contribution in [-0.4, -0.2) is 37.5 Å². The SMILES string of the molecule is Cc1ncc(CC(CNC2CC2)C2CCS(=O)(=O)C2)s1. The Labute approximate surface area is 124 Å². The maximum absolute atomic E-state index is 11.7. The highest BCUT2D eigenvalue weighted by molar-refractivity contribution is 7.91. The molecule has 20 heavy (non-hydrogen) atoms. The first kappa shape index (κ1) is 14.5. The summed E-state index contributed by atoms with van der Waals surface area (Å²) in [6.45, 7) is 2.97. The molecular weight excluding hydrogens is 292 g/mol. The van der Waals surface area contributed by atoms with Crippen molar-refractivity contribution in [2.45, 2.75) is 38.6 Å². The third kappa shape index (κ3) is 3.80. The van der Waals surface area contributed by atoms with Crippen molar-refractivity contribution < 1.29 is 8.42 Å². The van der Waals surface area contributed by atoms with Crippen LogP contribution >= 0.6 is 11.3 Å². The van der Waals surface area contributed by atoms with E-state index in [0.717, 1.165) is 24.4 Å². The normalized spacial score (nSPS) is 26.8. The quantitative estimate of drug-likeness (QED) is 0.870. The molecule has 1 saturated heterocycles. The Balaban J connectivity index is 1.66. The van der Waals surface area contributed by atoms with Crippen LogP contribution in [0, 0.1) is 18.8 Å². The fourth-order valence-electron chi connectivity index (χ4n) is 2.96. The van der Waals surface area contributed by atoms with Gasteiger partial charge in [0.15, 0.2) is 9.84 Å². The molecule has 2 atom stereocenters. The molecule has 2 unspecified atom stereocenters. The highest BCUT2D eigenvalue weighted by atomic mass is 32.2. The summed E-state index contributed by atoms with van der Waals surface area (Å²) in [6.07, 6.45) is 6.29. The maximum atomic E-state index is 11.7. The van der Waals surface area contributed by atoms with Crippen LogP contribution in [0.25, 0.3) is 0 Å². The van der Waals surface area contributed by atoms with Gasteiger partial charge in [-0.3, -0.25) is 0 Å². The van der Waals surface area contributed by atoms with Crippen LogP contribution in [0.1, 0.15) is 29.1 Å². The summed E-state index contributed by atoms with van der Waals surface area (Å²) < 4.78 is 23.4. The Morgan fingerprint density at radius 3 is 2.80 bits per heavy atom. The van der Waals surface area contributed by atoms with Crippen LogP contribution in [0.15, 0.2) is 6.20 Å². The van der Waals surface area contributed by atoms with Crippen molar-refractivity contribution in [2.75, 3.05) is 18.1 Å². The second kappa shape index (κ2) is 5.73. The summed E-state index contributed by atoms with van der Waals surface area (Å²) in [7, 11) is -2.79. The van der Waals surface area contributed by atoms with Crippen LogP contribution in [0.5, 0.6) is 0 Å². The van der Waals surface area contributed by atoms with Gasteiger partial charge in [-0.1, -0.05) is 0 Å². The van der Waals surface area contributed by atoms with E-state index in [-0.39, 0.29) is 0 Å². The number of aromatic nitrogens is 1. The van der Waals surface area contributed by atoms with Gasteiger partial charge < -0.3 is 5.32 Å². The molecule has 3 rings (SSSR count). The second-order valence-electron chi connectivity index (χ2n) is 6.16. The lowest BCUT2D eigenvalue weighted by atomic mass is 9.88. The molecule has 0 bridgehead atoms. The van der Waals surface area contributed by atoms with Gasteiger partial charge in [0.2, 0.25) is 0 Å². The Morgan fingerprint density at radius 1 is 1.45 bits per heavy atom. The van der Waals surface area contributed by atoms with Crippen LogP contribution in [-0.2, 0) is 16.3 Å². The molecule has 2 aliphatic rings. The Morgan fingerprint density at radius 2 is 2.25 bits per heavy atom. The lowest BCUT2D eigenvalue weighted by molar-refractivity contribution is 0.344. The van der Waals surface area contributed by atoms with Crippen molar-refractivity contribution in [3.05, 3.63) is 16.1 Å². The van der Waals surface area contributed by atoms with Gasteiger partial charge in [-0.05, 0) is 51.0 Å². The molecule has 2 heterocycles. The number of hydrogen-bond acceptors (Lipinski definition) is 5. The number of nitrogens with zero attached hydrogens (tertiary/aromatic N) is 1. The van der Waals surface area contributed by atoms with Crippen molar-refractivity contribution in [1.29, 1.82) is 0 Å². The minimum atomic E-state index is -2.79. The Kier molecular flexibility index (Phi) is 4.15. The average molecular weight is 314 g/mol. The van der Waals surface area contributed by atoms with Gasteiger partial charge in [-0.25, -0.2) is 13.4 Å². The molecule has 1 saturated carbocycles. The summed E-state index contributed by atoms with van der Waals surface area (Å²) >= 11 is 1.74. The van der Waals surface area contributed by atoms with Crippen molar-refractivity contribution in [1.82, 2.24) is 10.3 Å². The van der Waals surface area contributed by atoms with Gasteiger partial charge in [-0.15, -0.1) is 11.3 Å². The molecule has 0 amide bonds. The van der Waals surface area contributed by atoms with E-state index in [1.807, 2.05) is 13.1 Å². The van der Waals surface area contributed by atoms with Crippen LogP contribution < -0.4 is 5.32 Å². The van der Waals surface area contributed by atoms with E-state index >= 15 is 0 Å². The van der Waals surface area contributed by atoms with E-state index in [0.29, 0.717) is 29.4 Å². The number of nitrogens with one attached hydrogen (secondary N) is 1. The number of hydrogen-bond donors (Lipinski definition) is 1. The van der Waals surface area contributed by atoms with Gasteiger partial charge in [0, 0.05) is 17.1 Å². The fourth-order valence-corrected chi connectivity index (χ4v) is 5.77. The van der Waals surface area contributed by atoms with E-state index in [1.165, 1.54) is 17.7 Å². The van der Waals surface area contributed by atoms with Gasteiger partial charge in [0.25, 0.3) is 0 Å². The second-order valence-corrected chi connectivity index (χ2v) is 9.70. The summed E-state index contributed by atoms with van der Waals surface area (Å²) in [5, 5.41) is 4.67. The summed E-state index contributed by atoms with van der Waals surface area (Å²) in [6, 6.07) is 0.679. The van der Waals surface area contributed by atoms with E-state index in [9.17, 15) is 8.42 Å². The third-order valence-electron chi connectivity index (χ3n) is 4.31. The van der Waals surface area contributed by atoms with E-state index < -0.39 is 9.84 Å². The lowest BCUT2D eigenvalue weighted by Gasteiger charge is -2.22. The summed E-state index contributed by atoms with van der Waals surface area (Å²) in [4.78, 5) is 5.60. The number of aryl methyl sites for hydroxylation is 1. The molecule has 1 aromatic rings. The van der Waals surface area contributed by atoms with E-state index in [2.05, 4.69) is 10.3 Å². The van der Waals surface area contributed by atoms with Crippen molar-refractivity contribution >= 4 is 21.2 Å². The smallest absolute Gasteiger partial charge is 0.150 e. The van der Waals surface area contributed by atoms with Gasteiger partial charge in [-0.2, -0.15) is 0 Å². The van der Waals surface area contributed by atoms with Crippen molar-refractivity contribution in [2.24, 2.45) is 11.8 Å². The molecule has 1 aliphatic carbocycles. The Hall–Kier alpha value is -0.460.